The summed E-state index contributed by atoms with van der Waals surface area (Å²) in [5, 5.41) is 0. The maximum absolute atomic E-state index is 13.2. The Morgan fingerprint density at radius 2 is 1.16 bits per heavy atom. The summed E-state index contributed by atoms with van der Waals surface area (Å²) in [6, 6.07) is 25.6. The number of hydrogen-bond acceptors (Lipinski definition) is 5. The van der Waals surface area contributed by atoms with Crippen LogP contribution < -0.4 is 4.74 Å². The van der Waals surface area contributed by atoms with Crippen LogP contribution in [0.3, 0.4) is 0 Å². The monoisotopic (exact) mass is 498 g/mol. The predicted octanol–water partition coefficient (Wildman–Crippen LogP) is 6.26. The molecule has 0 bridgehead atoms. The van der Waals surface area contributed by atoms with Crippen LogP contribution in [0.15, 0.2) is 103 Å². The number of hydrogen-bond donors (Lipinski definition) is 0. The summed E-state index contributed by atoms with van der Waals surface area (Å²) in [4.78, 5) is 51.5. The van der Waals surface area contributed by atoms with Gasteiger partial charge in [-0.15, -0.1) is 0 Å². The summed E-state index contributed by atoms with van der Waals surface area (Å²) in [7, 11) is 1.57. The van der Waals surface area contributed by atoms with Crippen LogP contribution in [0.2, 0.25) is 0 Å². The topological polar surface area (TPSA) is 77.5 Å². The van der Waals surface area contributed by atoms with Crippen LogP contribution in [0.25, 0.3) is 12.2 Å². The molecule has 0 spiro atoms. The molecule has 0 aromatic heterocycles. The smallest absolute Gasteiger partial charge is 0.195 e. The van der Waals surface area contributed by atoms with E-state index in [2.05, 4.69) is 0 Å². The molecule has 0 atom stereocenters. The maximum atomic E-state index is 13.2. The Kier molecular flexibility index (Phi) is 6.74. The molecule has 1 aliphatic carbocycles. The largest absolute Gasteiger partial charge is 0.497 e. The molecule has 184 valence electrons. The molecule has 5 rings (SSSR count). The number of fused-ring (bicyclic) bond motifs is 2. The van der Waals surface area contributed by atoms with E-state index >= 15 is 0 Å². The van der Waals surface area contributed by atoms with Crippen LogP contribution in [0.1, 0.15) is 63.7 Å². The zero-order valence-corrected chi connectivity index (χ0v) is 20.5. The van der Waals surface area contributed by atoms with Crippen LogP contribution in [-0.2, 0) is 0 Å². The van der Waals surface area contributed by atoms with Gasteiger partial charge in [0.05, 0.1) is 7.11 Å². The van der Waals surface area contributed by atoms with Crippen molar-refractivity contribution in [2.24, 2.45) is 0 Å². The van der Waals surface area contributed by atoms with Crippen LogP contribution in [0, 0.1) is 0 Å². The zero-order chi connectivity index (χ0) is 26.6. The highest BCUT2D eigenvalue weighted by Crippen LogP contribution is 2.30. The second kappa shape index (κ2) is 10.4. The van der Waals surface area contributed by atoms with Gasteiger partial charge in [-0.1, -0.05) is 78.9 Å². The van der Waals surface area contributed by atoms with Gasteiger partial charge in [0.25, 0.3) is 0 Å². The van der Waals surface area contributed by atoms with Crippen molar-refractivity contribution in [2.45, 2.75) is 0 Å². The highest BCUT2D eigenvalue weighted by molar-refractivity contribution is 6.31. The summed E-state index contributed by atoms with van der Waals surface area (Å²) in [6.45, 7) is 0. The van der Waals surface area contributed by atoms with Crippen LogP contribution in [-0.4, -0.2) is 30.2 Å². The van der Waals surface area contributed by atoms with Crippen molar-refractivity contribution in [1.82, 2.24) is 0 Å². The van der Waals surface area contributed by atoms with Crippen molar-refractivity contribution in [3.8, 4) is 5.75 Å². The fraction of sp³-hybridized carbons (Fsp3) is 0.0303. The fourth-order valence-electron chi connectivity index (χ4n) is 4.35. The Hall–Kier alpha value is -5.16. The molecule has 0 saturated carbocycles. The Morgan fingerprint density at radius 3 is 1.76 bits per heavy atom. The number of ketones is 4. The van der Waals surface area contributed by atoms with Gasteiger partial charge in [-0.3, -0.25) is 19.2 Å². The first kappa shape index (κ1) is 24.5. The number of methoxy groups -OCH3 is 1. The molecule has 5 heteroatoms. The minimum absolute atomic E-state index is 0.121. The molecular formula is C33H22O5. The molecule has 0 radical (unpaired) electrons. The predicted molar refractivity (Wildman–Crippen MR) is 146 cm³/mol. The Labute approximate surface area is 219 Å². The molecule has 0 aliphatic heterocycles. The van der Waals surface area contributed by atoms with E-state index in [0.717, 1.165) is 11.1 Å². The number of ether oxygens (including phenoxy) is 1. The van der Waals surface area contributed by atoms with Crippen LogP contribution in [0.4, 0.5) is 0 Å². The Balaban J connectivity index is 1.31. The van der Waals surface area contributed by atoms with Gasteiger partial charge in [-0.2, -0.15) is 0 Å². The van der Waals surface area contributed by atoms with Crippen molar-refractivity contribution >= 4 is 35.3 Å². The van der Waals surface area contributed by atoms with Gasteiger partial charge >= 0.3 is 0 Å². The molecule has 0 fully saturated rings. The lowest BCUT2D eigenvalue weighted by Crippen LogP contribution is -2.23. The minimum atomic E-state index is -0.364. The molecule has 4 aromatic rings. The average molecular weight is 499 g/mol. The quantitative estimate of drug-likeness (QED) is 0.195. The second-order valence-corrected chi connectivity index (χ2v) is 8.72. The fourth-order valence-corrected chi connectivity index (χ4v) is 4.35. The molecule has 1 aliphatic rings. The van der Waals surface area contributed by atoms with Gasteiger partial charge < -0.3 is 4.74 Å². The van der Waals surface area contributed by atoms with Crippen LogP contribution in [0.5, 0.6) is 5.75 Å². The minimum Gasteiger partial charge on any atom is -0.497 e. The van der Waals surface area contributed by atoms with Crippen molar-refractivity contribution < 1.29 is 23.9 Å². The number of benzene rings is 4. The van der Waals surface area contributed by atoms with Crippen molar-refractivity contribution in [2.75, 3.05) is 7.11 Å². The highest BCUT2D eigenvalue weighted by Gasteiger charge is 2.32. The van der Waals surface area contributed by atoms with E-state index in [9.17, 15) is 19.2 Å². The Bertz CT molecular complexity index is 1640. The lowest BCUT2D eigenvalue weighted by molar-refractivity contribution is 0.0972. The Morgan fingerprint density at radius 1 is 0.605 bits per heavy atom. The lowest BCUT2D eigenvalue weighted by Gasteiger charge is -2.19. The third-order valence-corrected chi connectivity index (χ3v) is 6.38. The third kappa shape index (κ3) is 4.77. The second-order valence-electron chi connectivity index (χ2n) is 8.72. The standard InChI is InChI=1S/C33H22O5/c1-38-24-17-15-23(16-18-24)29(34)19-13-21-9-11-22(12-10-21)14-20-30(35)27-7-4-8-28-31(27)33(37)26-6-3-2-5-25(26)32(28)36/h2-20H,1H3/b19-13+,20-14+. The first-order valence-electron chi connectivity index (χ1n) is 12.0. The van der Waals surface area contributed by atoms with E-state index in [0.29, 0.717) is 22.4 Å². The van der Waals surface area contributed by atoms with Gasteiger partial charge in [0.15, 0.2) is 23.1 Å². The van der Waals surface area contributed by atoms with E-state index < -0.39 is 0 Å². The van der Waals surface area contributed by atoms with Crippen LogP contribution >= 0.6 is 0 Å². The van der Waals surface area contributed by atoms with Gasteiger partial charge in [0.2, 0.25) is 0 Å². The van der Waals surface area contributed by atoms with Crippen molar-refractivity contribution in [3.63, 3.8) is 0 Å². The molecule has 0 N–H and O–H groups in total. The van der Waals surface area contributed by atoms with E-state index in [1.165, 1.54) is 12.2 Å². The summed E-state index contributed by atoms with van der Waals surface area (Å²) < 4.78 is 5.11. The number of allylic oxidation sites excluding steroid dienone is 2. The van der Waals surface area contributed by atoms with Crippen molar-refractivity contribution in [1.29, 1.82) is 0 Å². The maximum Gasteiger partial charge on any atom is 0.195 e. The first-order valence-corrected chi connectivity index (χ1v) is 12.0. The van der Waals surface area contributed by atoms with Gasteiger partial charge in [0, 0.05) is 33.4 Å². The highest BCUT2D eigenvalue weighted by atomic mass is 16.5. The summed E-state index contributed by atoms with van der Waals surface area (Å²) in [6.07, 6.45) is 6.28. The molecular weight excluding hydrogens is 476 g/mol. The van der Waals surface area contributed by atoms with E-state index in [1.54, 1.807) is 86.0 Å². The summed E-state index contributed by atoms with van der Waals surface area (Å²) >= 11 is 0. The first-order chi connectivity index (χ1) is 18.5. The number of carbonyl (C=O) groups excluding carboxylic acids is 4. The SMILES string of the molecule is COc1ccc(C(=O)/C=C/c2ccc(/C=C/C(=O)c3cccc4c3C(=O)c3ccccc3C4=O)cc2)cc1. The van der Waals surface area contributed by atoms with E-state index in [-0.39, 0.29) is 39.8 Å². The molecule has 0 amide bonds. The molecule has 0 saturated heterocycles. The molecule has 0 unspecified atom stereocenters. The normalized spacial score (nSPS) is 12.4. The molecule has 4 aromatic carbocycles. The van der Waals surface area contributed by atoms with Crippen molar-refractivity contribution in [3.05, 3.63) is 148 Å². The van der Waals surface area contributed by atoms with E-state index in [1.807, 2.05) is 24.3 Å². The molecule has 0 heterocycles. The molecule has 5 nitrogen and oxygen atoms in total. The zero-order valence-electron chi connectivity index (χ0n) is 20.5. The average Bonchev–Trinajstić information content (AvgIpc) is 2.97. The van der Waals surface area contributed by atoms with Gasteiger partial charge in [-0.05, 0) is 47.5 Å². The van der Waals surface area contributed by atoms with Gasteiger partial charge in [-0.25, -0.2) is 0 Å². The number of rotatable bonds is 7. The van der Waals surface area contributed by atoms with E-state index in [4.69, 9.17) is 4.74 Å². The lowest BCUT2D eigenvalue weighted by atomic mass is 9.81. The summed E-state index contributed by atoms with van der Waals surface area (Å²) in [5.74, 6) is -0.387. The summed E-state index contributed by atoms with van der Waals surface area (Å²) in [5.41, 5.74) is 3.41. The number of carbonyl (C=O) groups is 4. The van der Waals surface area contributed by atoms with Gasteiger partial charge in [0.1, 0.15) is 5.75 Å². The third-order valence-electron chi connectivity index (χ3n) is 6.38. The molecule has 38 heavy (non-hydrogen) atoms.